The maximum atomic E-state index is 13.5. The van der Waals surface area contributed by atoms with Crippen LogP contribution >= 0.6 is 11.3 Å². The van der Waals surface area contributed by atoms with Gasteiger partial charge in [-0.2, -0.15) is 0 Å². The Morgan fingerprint density at radius 1 is 1.32 bits per heavy atom. The molecule has 0 bridgehead atoms. The fourth-order valence-electron chi connectivity index (χ4n) is 3.37. The molecule has 1 aromatic carbocycles. The summed E-state index contributed by atoms with van der Waals surface area (Å²) >= 11 is 1.44. The summed E-state index contributed by atoms with van der Waals surface area (Å²) in [6.45, 7) is 6.35. The van der Waals surface area contributed by atoms with Crippen LogP contribution in [-0.4, -0.2) is 29.2 Å². The van der Waals surface area contributed by atoms with Crippen LogP contribution in [0.2, 0.25) is 0 Å². The second-order valence-corrected chi connectivity index (χ2v) is 7.76. The van der Waals surface area contributed by atoms with Gasteiger partial charge in [-0.15, -0.1) is 11.3 Å². The van der Waals surface area contributed by atoms with Crippen LogP contribution in [0.5, 0.6) is 0 Å². The summed E-state index contributed by atoms with van der Waals surface area (Å²) in [4.78, 5) is 30.9. The molecule has 1 amide bonds. The number of amides is 1. The van der Waals surface area contributed by atoms with Crippen molar-refractivity contribution < 1.29 is 9.53 Å². The number of carbonyl (C=O) groups excluding carboxylic acids is 1. The number of benzene rings is 1. The first-order chi connectivity index (χ1) is 13.4. The van der Waals surface area contributed by atoms with Gasteiger partial charge in [0.15, 0.2) is 0 Å². The zero-order chi connectivity index (χ0) is 20.4. The molecular weight excluding hydrogens is 374 g/mol. The fourth-order valence-corrected chi connectivity index (χ4v) is 4.33. The van der Waals surface area contributed by atoms with Crippen molar-refractivity contribution in [2.75, 3.05) is 13.7 Å². The number of hydrogen-bond donors (Lipinski definition) is 1. The molecule has 0 saturated heterocycles. The summed E-state index contributed by atoms with van der Waals surface area (Å²) in [7, 11) is 1.59. The van der Waals surface area contributed by atoms with Gasteiger partial charge in [0.05, 0.1) is 12.0 Å². The molecule has 148 valence electrons. The van der Waals surface area contributed by atoms with Crippen molar-refractivity contribution in [1.82, 2.24) is 9.55 Å². The highest BCUT2D eigenvalue weighted by Crippen LogP contribution is 2.32. The monoisotopic (exact) mass is 399 g/mol. The van der Waals surface area contributed by atoms with Gasteiger partial charge >= 0.3 is 0 Å². The van der Waals surface area contributed by atoms with Gasteiger partial charge in [-0.3, -0.25) is 14.2 Å². The van der Waals surface area contributed by atoms with Crippen LogP contribution in [0.25, 0.3) is 21.3 Å². The van der Waals surface area contributed by atoms with Gasteiger partial charge in [0.25, 0.3) is 5.56 Å². The Bertz CT molecular complexity index is 1080. The fraction of sp³-hybridized carbons (Fsp3) is 0.381. The molecule has 0 radical (unpaired) electrons. The number of ether oxygens (including phenoxy) is 1. The largest absolute Gasteiger partial charge is 0.384 e. The minimum Gasteiger partial charge on any atom is -0.384 e. The third kappa shape index (κ3) is 3.59. The molecule has 6 nitrogen and oxygen atoms in total. The summed E-state index contributed by atoms with van der Waals surface area (Å²) in [5.74, 6) is -0.00846. The number of fused-ring (bicyclic) bond motifs is 1. The van der Waals surface area contributed by atoms with E-state index in [0.29, 0.717) is 35.5 Å². The molecule has 2 heterocycles. The van der Waals surface area contributed by atoms with E-state index < -0.39 is 11.9 Å². The second-order valence-electron chi connectivity index (χ2n) is 6.90. The Balaban J connectivity index is 2.29. The standard InChI is InChI=1S/C21H25N3O3S/c1-5-16(19(22)25)24-17(8-9-27-4)23-20-18(21(24)26)15(11-28-20)14-7-6-12(2)13(3)10-14/h6-7,10-11,16H,5,8-9H2,1-4H3,(H2,22,25). The highest BCUT2D eigenvalue weighted by molar-refractivity contribution is 7.17. The zero-order valence-electron chi connectivity index (χ0n) is 16.6. The van der Waals surface area contributed by atoms with Crippen LogP contribution in [0, 0.1) is 13.8 Å². The van der Waals surface area contributed by atoms with E-state index in [1.165, 1.54) is 21.5 Å². The Morgan fingerprint density at radius 2 is 2.07 bits per heavy atom. The first kappa shape index (κ1) is 20.2. The number of aromatic nitrogens is 2. The summed E-state index contributed by atoms with van der Waals surface area (Å²) < 4.78 is 6.62. The quantitative estimate of drug-likeness (QED) is 0.660. The minimum atomic E-state index is -0.733. The molecule has 2 N–H and O–H groups in total. The maximum absolute atomic E-state index is 13.5. The molecule has 1 atom stereocenters. The third-order valence-electron chi connectivity index (χ3n) is 5.09. The number of aryl methyl sites for hydroxylation is 2. The van der Waals surface area contributed by atoms with E-state index in [4.69, 9.17) is 15.5 Å². The molecule has 3 rings (SSSR count). The third-order valence-corrected chi connectivity index (χ3v) is 5.96. The molecule has 2 aromatic heterocycles. The summed E-state index contributed by atoms with van der Waals surface area (Å²) in [5, 5.41) is 2.49. The average Bonchev–Trinajstić information content (AvgIpc) is 3.08. The van der Waals surface area contributed by atoms with Crippen molar-refractivity contribution in [3.63, 3.8) is 0 Å². The first-order valence-electron chi connectivity index (χ1n) is 9.27. The van der Waals surface area contributed by atoms with E-state index in [1.807, 2.05) is 31.4 Å². The number of carbonyl (C=O) groups is 1. The highest BCUT2D eigenvalue weighted by Gasteiger charge is 2.24. The molecule has 0 saturated carbocycles. The van der Waals surface area contributed by atoms with Crippen LogP contribution in [-0.2, 0) is 16.0 Å². The number of hydrogen-bond acceptors (Lipinski definition) is 5. The van der Waals surface area contributed by atoms with Crippen molar-refractivity contribution >= 4 is 27.5 Å². The lowest BCUT2D eigenvalue weighted by atomic mass is 10.0. The topological polar surface area (TPSA) is 87.2 Å². The molecule has 1 unspecified atom stereocenters. The predicted octanol–water partition coefficient (Wildman–Crippen LogP) is 3.37. The summed E-state index contributed by atoms with van der Waals surface area (Å²) in [6, 6.07) is 5.40. The molecular formula is C21H25N3O3S. The molecule has 7 heteroatoms. The average molecular weight is 400 g/mol. The SMILES string of the molecule is CCC(C(N)=O)n1c(CCOC)nc2scc(-c3ccc(C)c(C)c3)c2c1=O. The summed E-state index contributed by atoms with van der Waals surface area (Å²) in [6.07, 6.45) is 0.855. The van der Waals surface area contributed by atoms with Crippen LogP contribution < -0.4 is 11.3 Å². The predicted molar refractivity (Wildman–Crippen MR) is 113 cm³/mol. The maximum Gasteiger partial charge on any atom is 0.263 e. The molecule has 0 spiro atoms. The molecule has 0 aliphatic heterocycles. The van der Waals surface area contributed by atoms with E-state index in [2.05, 4.69) is 13.0 Å². The van der Waals surface area contributed by atoms with Crippen molar-refractivity contribution in [2.24, 2.45) is 5.73 Å². The van der Waals surface area contributed by atoms with Gasteiger partial charge < -0.3 is 10.5 Å². The van der Waals surface area contributed by atoms with E-state index in [0.717, 1.165) is 16.7 Å². The normalized spacial score (nSPS) is 12.4. The van der Waals surface area contributed by atoms with Gasteiger partial charge in [0.1, 0.15) is 16.7 Å². The Labute approximate surface area is 168 Å². The van der Waals surface area contributed by atoms with Crippen molar-refractivity contribution in [3.05, 3.63) is 50.9 Å². The summed E-state index contributed by atoms with van der Waals surface area (Å²) in [5.41, 5.74) is 9.53. The zero-order valence-corrected chi connectivity index (χ0v) is 17.4. The Morgan fingerprint density at radius 3 is 2.68 bits per heavy atom. The van der Waals surface area contributed by atoms with Crippen molar-refractivity contribution in [3.8, 4) is 11.1 Å². The van der Waals surface area contributed by atoms with Crippen molar-refractivity contribution in [2.45, 2.75) is 39.7 Å². The molecule has 28 heavy (non-hydrogen) atoms. The van der Waals surface area contributed by atoms with E-state index >= 15 is 0 Å². The van der Waals surface area contributed by atoms with E-state index in [-0.39, 0.29) is 5.56 Å². The highest BCUT2D eigenvalue weighted by atomic mass is 32.1. The first-order valence-corrected chi connectivity index (χ1v) is 10.2. The second kappa shape index (κ2) is 8.24. The molecule has 0 aliphatic rings. The number of rotatable bonds is 7. The smallest absolute Gasteiger partial charge is 0.263 e. The van der Waals surface area contributed by atoms with Gasteiger partial charge in [0, 0.05) is 24.5 Å². The Kier molecular flexibility index (Phi) is 5.96. The van der Waals surface area contributed by atoms with Crippen molar-refractivity contribution in [1.29, 1.82) is 0 Å². The van der Waals surface area contributed by atoms with Gasteiger partial charge in [-0.25, -0.2) is 4.98 Å². The minimum absolute atomic E-state index is 0.226. The molecule has 0 aliphatic carbocycles. The van der Waals surface area contributed by atoms with Gasteiger partial charge in [-0.1, -0.05) is 25.1 Å². The van der Waals surface area contributed by atoms with Gasteiger partial charge in [-0.05, 0) is 37.0 Å². The Hall–Kier alpha value is -2.51. The number of thiophene rings is 1. The lowest BCUT2D eigenvalue weighted by Crippen LogP contribution is -2.36. The van der Waals surface area contributed by atoms with Gasteiger partial charge in [0.2, 0.25) is 5.91 Å². The number of nitrogens with two attached hydrogens (primary N) is 1. The van der Waals surface area contributed by atoms with Crippen LogP contribution in [0.1, 0.15) is 36.3 Å². The number of primary amides is 1. The van der Waals surface area contributed by atoms with E-state index in [9.17, 15) is 9.59 Å². The van der Waals surface area contributed by atoms with Crippen LogP contribution in [0.4, 0.5) is 0 Å². The lowest BCUT2D eigenvalue weighted by Gasteiger charge is -2.19. The molecule has 0 fully saturated rings. The lowest BCUT2D eigenvalue weighted by molar-refractivity contribution is -0.121. The number of methoxy groups -OCH3 is 1. The molecule has 3 aromatic rings. The van der Waals surface area contributed by atoms with Crippen LogP contribution in [0.3, 0.4) is 0 Å². The number of nitrogens with zero attached hydrogens (tertiary/aromatic N) is 2. The van der Waals surface area contributed by atoms with Crippen LogP contribution in [0.15, 0.2) is 28.4 Å². The van der Waals surface area contributed by atoms with E-state index in [1.54, 1.807) is 7.11 Å².